The second-order valence-corrected chi connectivity index (χ2v) is 11.9. The molecule has 0 amide bonds. The van der Waals surface area contributed by atoms with Gasteiger partial charge in [0.1, 0.15) is 5.75 Å². The fourth-order valence-electron chi connectivity index (χ4n) is 5.78. The van der Waals surface area contributed by atoms with Crippen LogP contribution in [0.5, 0.6) is 5.75 Å². The van der Waals surface area contributed by atoms with E-state index in [1.165, 1.54) is 171 Å². The lowest BCUT2D eigenvalue weighted by Gasteiger charge is -2.15. The van der Waals surface area contributed by atoms with Gasteiger partial charge < -0.3 is 5.11 Å². The molecule has 1 heteroatoms. The van der Waals surface area contributed by atoms with Gasteiger partial charge in [-0.1, -0.05) is 162 Å². The highest BCUT2D eigenvalue weighted by Gasteiger charge is 2.11. The molecule has 0 saturated carbocycles. The molecule has 37 heavy (non-hydrogen) atoms. The minimum Gasteiger partial charge on any atom is -0.508 e. The minimum atomic E-state index is 0.592. The van der Waals surface area contributed by atoms with Crippen molar-refractivity contribution in [1.82, 2.24) is 0 Å². The molecule has 0 atom stereocenters. The maximum Gasteiger partial charge on any atom is 0.119 e. The number of unbranched alkanes of at least 4 members (excludes halogenated alkanes) is 21. The van der Waals surface area contributed by atoms with E-state index in [9.17, 15) is 5.11 Å². The zero-order valence-corrected chi connectivity index (χ0v) is 25.7. The maximum absolute atomic E-state index is 11.0. The molecule has 0 spiro atoms. The molecule has 0 radical (unpaired) electrons. The van der Waals surface area contributed by atoms with Crippen molar-refractivity contribution in [3.8, 4) is 5.75 Å². The summed E-state index contributed by atoms with van der Waals surface area (Å²) in [6.45, 7) is 6.88. The number of benzene rings is 1. The molecule has 0 bridgehead atoms. The van der Waals surface area contributed by atoms with Gasteiger partial charge in [0.05, 0.1) is 0 Å². The predicted octanol–water partition coefficient (Wildman–Crippen LogP) is 12.4. The summed E-state index contributed by atoms with van der Waals surface area (Å²) in [6.07, 6.45) is 36.0. The number of phenolic OH excluding ortho intramolecular Hbond substituents is 1. The molecule has 1 N–H and O–H groups in total. The molecule has 0 aliphatic rings. The fraction of sp³-hybridized carbons (Fsp3) is 0.833. The van der Waals surface area contributed by atoms with Crippen LogP contribution < -0.4 is 0 Å². The van der Waals surface area contributed by atoms with E-state index in [0.717, 1.165) is 19.3 Å². The Labute approximate surface area is 233 Å². The van der Waals surface area contributed by atoms with Crippen LogP contribution in [-0.2, 0) is 19.3 Å². The first-order valence-electron chi connectivity index (χ1n) is 17.1. The Balaban J connectivity index is 2.51. The smallest absolute Gasteiger partial charge is 0.119 e. The van der Waals surface area contributed by atoms with E-state index in [-0.39, 0.29) is 0 Å². The Hall–Kier alpha value is -0.980. The molecule has 0 saturated heterocycles. The van der Waals surface area contributed by atoms with Crippen LogP contribution in [0.25, 0.3) is 0 Å². The van der Waals surface area contributed by atoms with Crippen LogP contribution in [0.2, 0.25) is 0 Å². The van der Waals surface area contributed by atoms with Crippen molar-refractivity contribution in [1.29, 1.82) is 0 Å². The van der Waals surface area contributed by atoms with Gasteiger partial charge in [-0.05, 0) is 61.3 Å². The lowest BCUT2D eigenvalue weighted by molar-refractivity contribution is 0.463. The summed E-state index contributed by atoms with van der Waals surface area (Å²) < 4.78 is 0. The number of rotatable bonds is 27. The van der Waals surface area contributed by atoms with E-state index in [4.69, 9.17) is 0 Å². The van der Waals surface area contributed by atoms with Crippen molar-refractivity contribution in [2.24, 2.45) is 0 Å². The van der Waals surface area contributed by atoms with Crippen molar-refractivity contribution in [3.05, 3.63) is 28.8 Å². The van der Waals surface area contributed by atoms with Gasteiger partial charge in [0.2, 0.25) is 0 Å². The molecule has 216 valence electrons. The highest BCUT2D eigenvalue weighted by Crippen LogP contribution is 2.29. The first-order valence-corrected chi connectivity index (χ1v) is 17.1. The number of aryl methyl sites for hydroxylation is 2. The van der Waals surface area contributed by atoms with Gasteiger partial charge in [0, 0.05) is 0 Å². The van der Waals surface area contributed by atoms with Gasteiger partial charge in [-0.2, -0.15) is 0 Å². The van der Waals surface area contributed by atoms with E-state index in [0.29, 0.717) is 5.75 Å². The van der Waals surface area contributed by atoms with Gasteiger partial charge in [0.15, 0.2) is 0 Å². The summed E-state index contributed by atoms with van der Waals surface area (Å²) in [5.41, 5.74) is 4.11. The van der Waals surface area contributed by atoms with Crippen LogP contribution in [0, 0.1) is 0 Å². The van der Waals surface area contributed by atoms with E-state index < -0.39 is 0 Å². The van der Waals surface area contributed by atoms with E-state index in [2.05, 4.69) is 32.9 Å². The number of hydrogen-bond acceptors (Lipinski definition) is 1. The van der Waals surface area contributed by atoms with Crippen molar-refractivity contribution in [3.63, 3.8) is 0 Å². The normalized spacial score (nSPS) is 11.4. The van der Waals surface area contributed by atoms with Crippen molar-refractivity contribution in [2.45, 2.75) is 194 Å². The van der Waals surface area contributed by atoms with Crippen LogP contribution in [-0.4, -0.2) is 5.11 Å². The number of aromatic hydroxyl groups is 1. The number of phenols is 1. The summed E-state index contributed by atoms with van der Waals surface area (Å²) in [6, 6.07) is 4.58. The molecular weight excluding hydrogens is 448 g/mol. The second kappa shape index (κ2) is 25.3. The summed E-state index contributed by atoms with van der Waals surface area (Å²) in [5.74, 6) is 0.592. The van der Waals surface area contributed by atoms with E-state index in [1.54, 1.807) is 0 Å². The second-order valence-electron chi connectivity index (χ2n) is 11.9. The van der Waals surface area contributed by atoms with Crippen LogP contribution in [0.1, 0.15) is 192 Å². The van der Waals surface area contributed by atoms with Crippen LogP contribution >= 0.6 is 0 Å². The van der Waals surface area contributed by atoms with E-state index >= 15 is 0 Å². The topological polar surface area (TPSA) is 20.2 Å². The molecule has 0 unspecified atom stereocenters. The lowest BCUT2D eigenvalue weighted by atomic mass is 9.92. The fourth-order valence-corrected chi connectivity index (χ4v) is 5.78. The van der Waals surface area contributed by atoms with Crippen LogP contribution in [0.4, 0.5) is 0 Å². The standard InChI is InChI=1S/C36H66O/c1-4-7-10-13-16-19-22-25-28-33-31-34(29-26-23-20-17-14-11-8-5-2)35(36(37)32-33)30-27-24-21-18-15-12-9-6-3/h31-32,37H,4-30H2,1-3H3. The van der Waals surface area contributed by atoms with Gasteiger partial charge >= 0.3 is 0 Å². The molecular formula is C36H66O. The molecule has 1 nitrogen and oxygen atoms in total. The SMILES string of the molecule is CCCCCCCCCCc1cc(O)c(CCCCCCCCCC)c(CCCCCCCCCC)c1. The van der Waals surface area contributed by atoms with E-state index in [1.807, 2.05) is 0 Å². The molecule has 1 aromatic rings. The summed E-state index contributed by atoms with van der Waals surface area (Å²) in [5, 5.41) is 11.0. The third kappa shape index (κ3) is 18.8. The molecule has 0 fully saturated rings. The summed E-state index contributed by atoms with van der Waals surface area (Å²) in [7, 11) is 0. The summed E-state index contributed by atoms with van der Waals surface area (Å²) >= 11 is 0. The van der Waals surface area contributed by atoms with Gasteiger partial charge in [-0.3, -0.25) is 0 Å². The Bertz CT molecular complexity index is 619. The van der Waals surface area contributed by atoms with Gasteiger partial charge in [0.25, 0.3) is 0 Å². The van der Waals surface area contributed by atoms with Crippen LogP contribution in [0.3, 0.4) is 0 Å². The monoisotopic (exact) mass is 515 g/mol. The molecule has 1 rings (SSSR count). The molecule has 0 heterocycles. The highest BCUT2D eigenvalue weighted by atomic mass is 16.3. The Kier molecular flexibility index (Phi) is 23.3. The zero-order chi connectivity index (χ0) is 26.8. The maximum atomic E-state index is 11.0. The Morgan fingerprint density at radius 3 is 1.19 bits per heavy atom. The average Bonchev–Trinajstić information content (AvgIpc) is 2.89. The van der Waals surface area contributed by atoms with Gasteiger partial charge in [-0.15, -0.1) is 0 Å². The predicted molar refractivity (Wildman–Crippen MR) is 167 cm³/mol. The minimum absolute atomic E-state index is 0.592. The average molecular weight is 515 g/mol. The van der Waals surface area contributed by atoms with Crippen molar-refractivity contribution >= 4 is 0 Å². The molecule has 0 aliphatic heterocycles. The zero-order valence-electron chi connectivity index (χ0n) is 25.7. The molecule has 1 aromatic carbocycles. The third-order valence-corrected chi connectivity index (χ3v) is 8.28. The Morgan fingerprint density at radius 2 is 0.757 bits per heavy atom. The molecule has 0 aliphatic carbocycles. The number of hydrogen-bond donors (Lipinski definition) is 1. The highest BCUT2D eigenvalue weighted by molar-refractivity contribution is 5.43. The van der Waals surface area contributed by atoms with Crippen molar-refractivity contribution in [2.75, 3.05) is 0 Å². The summed E-state index contributed by atoms with van der Waals surface area (Å²) in [4.78, 5) is 0. The third-order valence-electron chi connectivity index (χ3n) is 8.28. The first-order chi connectivity index (χ1) is 18.2. The Morgan fingerprint density at radius 1 is 0.405 bits per heavy atom. The van der Waals surface area contributed by atoms with Crippen molar-refractivity contribution < 1.29 is 5.11 Å². The van der Waals surface area contributed by atoms with Crippen LogP contribution in [0.15, 0.2) is 12.1 Å². The molecule has 0 aromatic heterocycles. The lowest BCUT2D eigenvalue weighted by Crippen LogP contribution is -2.00. The largest absolute Gasteiger partial charge is 0.508 e. The first kappa shape index (κ1) is 34.0. The van der Waals surface area contributed by atoms with Gasteiger partial charge in [-0.25, -0.2) is 0 Å². The quantitative estimate of drug-likeness (QED) is 0.116.